The smallest absolute Gasteiger partial charge is 0.314 e. The van der Waals surface area contributed by atoms with Crippen LogP contribution in [-0.2, 0) is 9.53 Å². The lowest BCUT2D eigenvalue weighted by atomic mass is 9.99. The zero-order valence-corrected chi connectivity index (χ0v) is 11.5. The summed E-state index contributed by atoms with van der Waals surface area (Å²) in [5, 5.41) is 14.3. The maximum absolute atomic E-state index is 11.5. The Hall–Kier alpha value is -2.08. The molecule has 0 heterocycles. The van der Waals surface area contributed by atoms with Gasteiger partial charge in [0.2, 0.25) is 0 Å². The number of hydrogen-bond donors (Lipinski definition) is 3. The molecule has 1 aromatic carbocycles. The molecule has 0 saturated heterocycles. The first-order chi connectivity index (χ1) is 9.65. The summed E-state index contributed by atoms with van der Waals surface area (Å²) < 4.78 is 5.08. The van der Waals surface area contributed by atoms with Crippen LogP contribution in [0, 0.1) is 0 Å². The number of nitrogens with one attached hydrogen (secondary N) is 2. The first-order valence-electron chi connectivity index (χ1n) is 6.52. The topological polar surface area (TPSA) is 87.7 Å². The Bertz CT molecular complexity index is 422. The van der Waals surface area contributed by atoms with Crippen LogP contribution in [0.2, 0.25) is 0 Å². The van der Waals surface area contributed by atoms with E-state index in [1.807, 2.05) is 13.0 Å². The quantitative estimate of drug-likeness (QED) is 0.624. The molecule has 1 rings (SSSR count). The Morgan fingerprint density at radius 2 is 1.95 bits per heavy atom. The van der Waals surface area contributed by atoms with Crippen molar-refractivity contribution in [2.75, 3.05) is 26.3 Å². The van der Waals surface area contributed by atoms with Crippen molar-refractivity contribution in [2.24, 2.45) is 0 Å². The maximum atomic E-state index is 11.5. The zero-order valence-electron chi connectivity index (χ0n) is 11.5. The normalized spacial score (nSPS) is 11.7. The van der Waals surface area contributed by atoms with Crippen LogP contribution in [0.4, 0.5) is 4.79 Å². The van der Waals surface area contributed by atoms with Crippen LogP contribution >= 0.6 is 0 Å². The van der Waals surface area contributed by atoms with Crippen molar-refractivity contribution >= 4 is 12.0 Å². The van der Waals surface area contributed by atoms with E-state index >= 15 is 0 Å². The second-order valence-corrected chi connectivity index (χ2v) is 4.14. The predicted octanol–water partition coefficient (Wildman–Crippen LogP) is 1.19. The van der Waals surface area contributed by atoms with Gasteiger partial charge in [0.15, 0.2) is 0 Å². The summed E-state index contributed by atoms with van der Waals surface area (Å²) in [6.07, 6.45) is 0. The number of hydrogen-bond acceptors (Lipinski definition) is 3. The number of carbonyl (C=O) groups is 2. The Kier molecular flexibility index (Phi) is 7.13. The minimum absolute atomic E-state index is 0.0415. The van der Waals surface area contributed by atoms with E-state index in [2.05, 4.69) is 10.6 Å². The summed E-state index contributed by atoms with van der Waals surface area (Å²) in [4.78, 5) is 22.7. The summed E-state index contributed by atoms with van der Waals surface area (Å²) in [6, 6.07) is 8.42. The van der Waals surface area contributed by atoms with E-state index in [0.717, 1.165) is 0 Å². The Morgan fingerprint density at radius 3 is 2.55 bits per heavy atom. The molecule has 0 aliphatic heterocycles. The van der Waals surface area contributed by atoms with Gasteiger partial charge in [-0.25, -0.2) is 4.79 Å². The van der Waals surface area contributed by atoms with Crippen LogP contribution < -0.4 is 10.6 Å². The highest BCUT2D eigenvalue weighted by Crippen LogP contribution is 2.14. The van der Waals surface area contributed by atoms with Crippen molar-refractivity contribution < 1.29 is 19.4 Å². The molecule has 110 valence electrons. The van der Waals surface area contributed by atoms with Crippen LogP contribution in [0.15, 0.2) is 30.3 Å². The van der Waals surface area contributed by atoms with Crippen LogP contribution in [0.3, 0.4) is 0 Å². The second-order valence-electron chi connectivity index (χ2n) is 4.14. The van der Waals surface area contributed by atoms with Crippen molar-refractivity contribution in [3.05, 3.63) is 35.9 Å². The third-order valence-corrected chi connectivity index (χ3v) is 2.70. The van der Waals surface area contributed by atoms with Gasteiger partial charge >= 0.3 is 12.0 Å². The lowest BCUT2D eigenvalue weighted by Gasteiger charge is -2.14. The van der Waals surface area contributed by atoms with Crippen LogP contribution in [0.25, 0.3) is 0 Å². The zero-order chi connectivity index (χ0) is 14.8. The highest BCUT2D eigenvalue weighted by molar-refractivity contribution is 5.79. The van der Waals surface area contributed by atoms with E-state index in [9.17, 15) is 14.7 Å². The van der Waals surface area contributed by atoms with E-state index in [4.69, 9.17) is 4.74 Å². The molecule has 0 aliphatic rings. The van der Waals surface area contributed by atoms with E-state index in [0.29, 0.717) is 25.3 Å². The van der Waals surface area contributed by atoms with E-state index in [1.165, 1.54) is 0 Å². The third kappa shape index (κ3) is 5.71. The average molecular weight is 280 g/mol. The van der Waals surface area contributed by atoms with E-state index in [1.54, 1.807) is 24.3 Å². The number of amides is 2. The summed E-state index contributed by atoms with van der Waals surface area (Å²) in [6.45, 7) is 3.34. The fraction of sp³-hybridized carbons (Fsp3) is 0.429. The monoisotopic (exact) mass is 280 g/mol. The SMILES string of the molecule is CCOCCNC(=O)NCC(C(=O)O)c1ccccc1. The van der Waals surface area contributed by atoms with Gasteiger partial charge in [-0.05, 0) is 12.5 Å². The molecule has 0 bridgehead atoms. The molecular weight excluding hydrogens is 260 g/mol. The lowest BCUT2D eigenvalue weighted by Crippen LogP contribution is -2.40. The lowest BCUT2D eigenvalue weighted by molar-refractivity contribution is -0.138. The molecular formula is C14H20N2O4. The molecule has 1 atom stereocenters. The molecule has 1 aromatic rings. The van der Waals surface area contributed by atoms with Gasteiger partial charge in [0.05, 0.1) is 12.5 Å². The predicted molar refractivity (Wildman–Crippen MR) is 74.7 cm³/mol. The molecule has 1 unspecified atom stereocenters. The largest absolute Gasteiger partial charge is 0.481 e. The fourth-order valence-electron chi connectivity index (χ4n) is 1.67. The average Bonchev–Trinajstić information content (AvgIpc) is 2.44. The fourth-order valence-corrected chi connectivity index (χ4v) is 1.67. The Labute approximate surface area is 118 Å². The first kappa shape index (κ1) is 16.0. The Balaban J connectivity index is 2.40. The molecule has 0 saturated carbocycles. The number of benzene rings is 1. The highest BCUT2D eigenvalue weighted by Gasteiger charge is 2.20. The number of carboxylic acids is 1. The molecule has 0 radical (unpaired) electrons. The summed E-state index contributed by atoms with van der Waals surface area (Å²) >= 11 is 0. The van der Waals surface area contributed by atoms with Gasteiger partial charge in [-0.3, -0.25) is 4.79 Å². The molecule has 2 amide bonds. The van der Waals surface area contributed by atoms with Gasteiger partial charge in [0.1, 0.15) is 0 Å². The number of ether oxygens (including phenoxy) is 1. The van der Waals surface area contributed by atoms with Crippen molar-refractivity contribution in [3.63, 3.8) is 0 Å². The van der Waals surface area contributed by atoms with Crippen molar-refractivity contribution in [2.45, 2.75) is 12.8 Å². The van der Waals surface area contributed by atoms with Crippen LogP contribution in [0.1, 0.15) is 18.4 Å². The molecule has 0 aliphatic carbocycles. The molecule has 0 fully saturated rings. The number of rotatable bonds is 8. The van der Waals surface area contributed by atoms with Gasteiger partial charge in [0, 0.05) is 19.7 Å². The number of carbonyl (C=O) groups excluding carboxylic acids is 1. The summed E-state index contributed by atoms with van der Waals surface area (Å²) in [5.41, 5.74) is 0.662. The van der Waals surface area contributed by atoms with Gasteiger partial charge in [-0.1, -0.05) is 30.3 Å². The minimum Gasteiger partial charge on any atom is -0.481 e. The van der Waals surface area contributed by atoms with Gasteiger partial charge in [-0.2, -0.15) is 0 Å². The van der Waals surface area contributed by atoms with Crippen molar-refractivity contribution in [1.82, 2.24) is 10.6 Å². The molecule has 6 heteroatoms. The summed E-state index contributed by atoms with van der Waals surface area (Å²) in [7, 11) is 0. The van der Waals surface area contributed by atoms with Crippen molar-refractivity contribution in [1.29, 1.82) is 0 Å². The molecule has 0 spiro atoms. The number of aliphatic carboxylic acids is 1. The van der Waals surface area contributed by atoms with Gasteiger partial charge in [0.25, 0.3) is 0 Å². The molecule has 0 aromatic heterocycles. The van der Waals surface area contributed by atoms with E-state index < -0.39 is 17.9 Å². The van der Waals surface area contributed by atoms with Gasteiger partial charge < -0.3 is 20.5 Å². The molecule has 20 heavy (non-hydrogen) atoms. The van der Waals surface area contributed by atoms with E-state index in [-0.39, 0.29) is 6.54 Å². The minimum atomic E-state index is -0.967. The van der Waals surface area contributed by atoms with Crippen LogP contribution in [0.5, 0.6) is 0 Å². The first-order valence-corrected chi connectivity index (χ1v) is 6.52. The van der Waals surface area contributed by atoms with Crippen LogP contribution in [-0.4, -0.2) is 43.4 Å². The highest BCUT2D eigenvalue weighted by atomic mass is 16.5. The number of urea groups is 1. The van der Waals surface area contributed by atoms with Gasteiger partial charge in [-0.15, -0.1) is 0 Å². The maximum Gasteiger partial charge on any atom is 0.314 e. The Morgan fingerprint density at radius 1 is 1.25 bits per heavy atom. The second kappa shape index (κ2) is 8.92. The molecule has 6 nitrogen and oxygen atoms in total. The third-order valence-electron chi connectivity index (χ3n) is 2.70. The number of carboxylic acid groups (broad SMARTS) is 1. The van der Waals surface area contributed by atoms with Crippen molar-refractivity contribution in [3.8, 4) is 0 Å². The standard InChI is InChI=1S/C14H20N2O4/c1-2-20-9-8-15-14(19)16-10-12(13(17)18)11-6-4-3-5-7-11/h3-7,12H,2,8-10H2,1H3,(H,17,18)(H2,15,16,19). The molecule has 3 N–H and O–H groups in total. The summed E-state index contributed by atoms with van der Waals surface area (Å²) in [5.74, 6) is -1.72.